The molecule has 8 nitrogen and oxygen atoms in total. The van der Waals surface area contributed by atoms with E-state index >= 15 is 0 Å². The summed E-state index contributed by atoms with van der Waals surface area (Å²) in [6, 6.07) is 4.02. The van der Waals surface area contributed by atoms with Gasteiger partial charge in [0.05, 0.1) is 23.9 Å². The van der Waals surface area contributed by atoms with E-state index in [0.29, 0.717) is 13.0 Å². The lowest BCUT2D eigenvalue weighted by atomic mass is 10.1. The van der Waals surface area contributed by atoms with Gasteiger partial charge in [0.1, 0.15) is 0 Å². The summed E-state index contributed by atoms with van der Waals surface area (Å²) < 4.78 is 5.29. The van der Waals surface area contributed by atoms with Crippen molar-refractivity contribution in [2.24, 2.45) is 5.92 Å². The highest BCUT2D eigenvalue weighted by Gasteiger charge is 2.30. The maximum absolute atomic E-state index is 12.0. The van der Waals surface area contributed by atoms with E-state index in [0.717, 1.165) is 0 Å². The molecule has 1 heterocycles. The SMILES string of the molecule is O=C(O)C1CCN(C(=O)CCOc2ccc(Cl)cc2[N+](=O)[O-])C1. The van der Waals surface area contributed by atoms with Crippen LogP contribution in [0.15, 0.2) is 18.2 Å². The number of carboxylic acid groups (broad SMARTS) is 1. The number of halogens is 1. The third-order valence-corrected chi connectivity index (χ3v) is 3.82. The largest absolute Gasteiger partial charge is 0.486 e. The summed E-state index contributed by atoms with van der Waals surface area (Å²) in [5, 5.41) is 20.0. The van der Waals surface area contributed by atoms with Crippen molar-refractivity contribution >= 4 is 29.2 Å². The van der Waals surface area contributed by atoms with E-state index in [1.807, 2.05) is 0 Å². The predicted molar refractivity (Wildman–Crippen MR) is 80.5 cm³/mol. The molecule has 0 saturated carbocycles. The Kier molecular flexibility index (Phi) is 5.38. The van der Waals surface area contributed by atoms with Gasteiger partial charge in [-0.25, -0.2) is 0 Å². The van der Waals surface area contributed by atoms with E-state index in [2.05, 4.69) is 0 Å². The first kappa shape index (κ1) is 17.0. The number of carbonyl (C=O) groups excluding carboxylic acids is 1. The zero-order valence-corrected chi connectivity index (χ0v) is 12.9. The second-order valence-electron chi connectivity index (χ2n) is 5.13. The average Bonchev–Trinajstić information content (AvgIpc) is 2.98. The molecule has 0 radical (unpaired) electrons. The number of hydrogen-bond acceptors (Lipinski definition) is 5. The predicted octanol–water partition coefficient (Wildman–Crippen LogP) is 1.95. The van der Waals surface area contributed by atoms with Crippen LogP contribution in [0.3, 0.4) is 0 Å². The molecule has 124 valence electrons. The summed E-state index contributed by atoms with van der Waals surface area (Å²) in [5.74, 6) is -1.63. The summed E-state index contributed by atoms with van der Waals surface area (Å²) in [6.45, 7) is 0.557. The number of carboxylic acids is 1. The molecular formula is C14H15ClN2O6. The van der Waals surface area contributed by atoms with Gasteiger partial charge < -0.3 is 14.7 Å². The number of benzene rings is 1. The summed E-state index contributed by atoms with van der Waals surface area (Å²) >= 11 is 5.70. The van der Waals surface area contributed by atoms with Gasteiger partial charge in [0.2, 0.25) is 5.91 Å². The third kappa shape index (κ3) is 4.32. The van der Waals surface area contributed by atoms with Crippen LogP contribution in [0.25, 0.3) is 0 Å². The fourth-order valence-corrected chi connectivity index (χ4v) is 2.52. The van der Waals surface area contributed by atoms with E-state index < -0.39 is 16.8 Å². The number of nitro benzene ring substituents is 1. The number of carbonyl (C=O) groups is 2. The smallest absolute Gasteiger partial charge is 0.312 e. The van der Waals surface area contributed by atoms with Gasteiger partial charge in [0, 0.05) is 24.2 Å². The molecule has 1 atom stereocenters. The van der Waals surface area contributed by atoms with Gasteiger partial charge in [-0.15, -0.1) is 0 Å². The van der Waals surface area contributed by atoms with Crippen LogP contribution >= 0.6 is 11.6 Å². The molecule has 0 bridgehead atoms. The number of nitro groups is 1. The van der Waals surface area contributed by atoms with Crippen molar-refractivity contribution in [2.75, 3.05) is 19.7 Å². The third-order valence-electron chi connectivity index (χ3n) is 3.58. The molecule has 2 rings (SSSR count). The normalized spacial score (nSPS) is 17.1. The van der Waals surface area contributed by atoms with Crippen molar-refractivity contribution < 1.29 is 24.4 Å². The Hall–Kier alpha value is -2.35. The van der Waals surface area contributed by atoms with Crippen molar-refractivity contribution in [3.63, 3.8) is 0 Å². The minimum Gasteiger partial charge on any atom is -0.486 e. The first-order chi connectivity index (χ1) is 10.9. The van der Waals surface area contributed by atoms with Crippen LogP contribution in [-0.4, -0.2) is 46.5 Å². The molecular weight excluding hydrogens is 328 g/mol. The zero-order chi connectivity index (χ0) is 17.0. The molecule has 1 aliphatic heterocycles. The van der Waals surface area contributed by atoms with Gasteiger partial charge in [-0.3, -0.25) is 19.7 Å². The molecule has 1 unspecified atom stereocenters. The lowest BCUT2D eigenvalue weighted by Crippen LogP contribution is -2.30. The average molecular weight is 343 g/mol. The molecule has 9 heteroatoms. The molecule has 0 aromatic heterocycles. The minimum absolute atomic E-state index is 0.0200. The number of rotatable bonds is 6. The van der Waals surface area contributed by atoms with Crippen LogP contribution in [0, 0.1) is 16.0 Å². The highest BCUT2D eigenvalue weighted by Crippen LogP contribution is 2.30. The maximum atomic E-state index is 12.0. The van der Waals surface area contributed by atoms with Crippen LogP contribution in [0.4, 0.5) is 5.69 Å². The summed E-state index contributed by atoms with van der Waals surface area (Å²) in [7, 11) is 0. The molecule has 1 aliphatic rings. The van der Waals surface area contributed by atoms with Crippen LogP contribution in [0.5, 0.6) is 5.75 Å². The van der Waals surface area contributed by atoms with Gasteiger partial charge in [0.25, 0.3) is 0 Å². The highest BCUT2D eigenvalue weighted by atomic mass is 35.5. The Morgan fingerprint density at radius 1 is 1.48 bits per heavy atom. The topological polar surface area (TPSA) is 110 Å². The fourth-order valence-electron chi connectivity index (χ4n) is 2.35. The molecule has 0 aliphatic carbocycles. The lowest BCUT2D eigenvalue weighted by molar-refractivity contribution is -0.385. The number of amides is 1. The van der Waals surface area contributed by atoms with Crippen molar-refractivity contribution in [1.29, 1.82) is 0 Å². The number of aliphatic carboxylic acids is 1. The Morgan fingerprint density at radius 3 is 2.83 bits per heavy atom. The van der Waals surface area contributed by atoms with Gasteiger partial charge >= 0.3 is 11.7 Å². The van der Waals surface area contributed by atoms with Crippen molar-refractivity contribution in [3.8, 4) is 5.75 Å². The van der Waals surface area contributed by atoms with Crippen molar-refractivity contribution in [2.45, 2.75) is 12.8 Å². The highest BCUT2D eigenvalue weighted by molar-refractivity contribution is 6.30. The molecule has 1 fully saturated rings. The molecule has 23 heavy (non-hydrogen) atoms. The summed E-state index contributed by atoms with van der Waals surface area (Å²) in [5.41, 5.74) is -0.267. The van der Waals surface area contributed by atoms with Crippen LogP contribution in [0.1, 0.15) is 12.8 Å². The van der Waals surface area contributed by atoms with E-state index in [9.17, 15) is 19.7 Å². The first-order valence-electron chi connectivity index (χ1n) is 6.96. The lowest BCUT2D eigenvalue weighted by Gasteiger charge is -2.16. The second-order valence-corrected chi connectivity index (χ2v) is 5.57. The van der Waals surface area contributed by atoms with E-state index in [-0.39, 0.29) is 41.9 Å². The standard InChI is InChI=1S/C14H15ClN2O6/c15-10-1-2-12(11(7-10)17(21)22)23-6-4-13(18)16-5-3-9(8-16)14(19)20/h1-2,7,9H,3-6,8H2,(H,19,20). The zero-order valence-electron chi connectivity index (χ0n) is 12.1. The molecule has 1 saturated heterocycles. The Bertz CT molecular complexity index is 636. The van der Waals surface area contributed by atoms with Gasteiger partial charge in [-0.1, -0.05) is 11.6 Å². The number of likely N-dealkylation sites (tertiary alicyclic amines) is 1. The van der Waals surface area contributed by atoms with E-state index in [4.69, 9.17) is 21.4 Å². The molecule has 1 aromatic carbocycles. The first-order valence-corrected chi connectivity index (χ1v) is 7.33. The van der Waals surface area contributed by atoms with Gasteiger partial charge in [0.15, 0.2) is 5.75 Å². The second kappa shape index (κ2) is 7.28. The monoisotopic (exact) mass is 342 g/mol. The molecule has 1 N–H and O–H groups in total. The van der Waals surface area contributed by atoms with Crippen molar-refractivity contribution in [1.82, 2.24) is 4.90 Å². The van der Waals surface area contributed by atoms with Gasteiger partial charge in [-0.05, 0) is 18.6 Å². The summed E-state index contributed by atoms with van der Waals surface area (Å²) in [4.78, 5) is 34.6. The number of ether oxygens (including phenoxy) is 1. The van der Waals surface area contributed by atoms with E-state index in [1.165, 1.54) is 23.1 Å². The fraction of sp³-hybridized carbons (Fsp3) is 0.429. The van der Waals surface area contributed by atoms with Gasteiger partial charge in [-0.2, -0.15) is 0 Å². The number of hydrogen-bond donors (Lipinski definition) is 1. The molecule has 1 amide bonds. The quantitative estimate of drug-likeness (QED) is 0.625. The van der Waals surface area contributed by atoms with Crippen molar-refractivity contribution in [3.05, 3.63) is 33.3 Å². The Labute approximate surface area is 136 Å². The minimum atomic E-state index is -0.909. The molecule has 0 spiro atoms. The maximum Gasteiger partial charge on any atom is 0.312 e. The Balaban J connectivity index is 1.87. The van der Waals surface area contributed by atoms with Crippen LogP contribution in [-0.2, 0) is 9.59 Å². The van der Waals surface area contributed by atoms with E-state index in [1.54, 1.807) is 0 Å². The molecule has 1 aromatic rings. The Morgan fingerprint density at radius 2 is 2.22 bits per heavy atom. The van der Waals surface area contributed by atoms with Crippen LogP contribution < -0.4 is 4.74 Å². The van der Waals surface area contributed by atoms with Crippen LogP contribution in [0.2, 0.25) is 5.02 Å². The summed E-state index contributed by atoms with van der Waals surface area (Å²) in [6.07, 6.45) is 0.455. The number of nitrogens with zero attached hydrogens (tertiary/aromatic N) is 2.